The van der Waals surface area contributed by atoms with E-state index in [0.717, 1.165) is 18.4 Å². The van der Waals surface area contributed by atoms with Crippen molar-refractivity contribution in [3.05, 3.63) is 48.0 Å². The van der Waals surface area contributed by atoms with Gasteiger partial charge < -0.3 is 14.8 Å². The van der Waals surface area contributed by atoms with Gasteiger partial charge in [0.15, 0.2) is 9.84 Å². The van der Waals surface area contributed by atoms with Gasteiger partial charge in [-0.2, -0.15) is 0 Å². The molecule has 0 spiro atoms. The quantitative estimate of drug-likeness (QED) is 0.702. The monoisotopic (exact) mass is 417 g/mol. The van der Waals surface area contributed by atoms with Crippen LogP contribution in [0.25, 0.3) is 0 Å². The molecule has 3 rings (SSSR count). The number of sulfone groups is 1. The van der Waals surface area contributed by atoms with Crippen molar-refractivity contribution >= 4 is 21.4 Å². The Labute approximate surface area is 172 Å². The van der Waals surface area contributed by atoms with Gasteiger partial charge in [-0.1, -0.05) is 18.9 Å². The summed E-state index contributed by atoms with van der Waals surface area (Å²) >= 11 is 0. The molecule has 6 nitrogen and oxygen atoms in total. The lowest BCUT2D eigenvalue weighted by molar-refractivity contribution is -0.116. The number of benzene rings is 2. The number of hydrogen-bond donors (Lipinski definition) is 1. The van der Waals surface area contributed by atoms with Gasteiger partial charge in [0, 0.05) is 12.1 Å². The number of carbonyl (C=O) groups is 1. The summed E-state index contributed by atoms with van der Waals surface area (Å²) in [6.07, 6.45) is 4.04. The molecule has 0 unspecified atom stereocenters. The second kappa shape index (κ2) is 9.31. The predicted octanol–water partition coefficient (Wildman–Crippen LogP) is 3.99. The Morgan fingerprint density at radius 1 is 1.07 bits per heavy atom. The predicted molar refractivity (Wildman–Crippen MR) is 112 cm³/mol. The molecule has 1 aliphatic carbocycles. The molecule has 1 aliphatic rings. The number of nitrogens with one attached hydrogen (secondary N) is 1. The topological polar surface area (TPSA) is 81.7 Å². The molecule has 1 amide bonds. The first-order chi connectivity index (χ1) is 13.9. The largest absolute Gasteiger partial charge is 0.497 e. The molecule has 1 fully saturated rings. The van der Waals surface area contributed by atoms with Gasteiger partial charge in [-0.25, -0.2) is 8.42 Å². The minimum Gasteiger partial charge on any atom is -0.497 e. The van der Waals surface area contributed by atoms with Crippen molar-refractivity contribution in [3.8, 4) is 11.5 Å². The van der Waals surface area contributed by atoms with E-state index in [4.69, 9.17) is 9.47 Å². The molecule has 2 aromatic carbocycles. The number of amides is 1. The minimum absolute atomic E-state index is 0.190. The van der Waals surface area contributed by atoms with Crippen molar-refractivity contribution in [1.29, 1.82) is 0 Å². The van der Waals surface area contributed by atoms with Crippen LogP contribution in [0.15, 0.2) is 47.4 Å². The van der Waals surface area contributed by atoms with Crippen molar-refractivity contribution in [1.82, 2.24) is 0 Å². The highest BCUT2D eigenvalue weighted by atomic mass is 32.2. The zero-order valence-corrected chi connectivity index (χ0v) is 17.6. The van der Waals surface area contributed by atoms with Crippen LogP contribution in [-0.4, -0.2) is 33.8 Å². The summed E-state index contributed by atoms with van der Waals surface area (Å²) in [5.41, 5.74) is 1.37. The summed E-state index contributed by atoms with van der Waals surface area (Å²) in [5.74, 6) is 1.21. The van der Waals surface area contributed by atoms with Crippen molar-refractivity contribution in [2.24, 2.45) is 0 Å². The number of aryl methyl sites for hydroxylation is 1. The summed E-state index contributed by atoms with van der Waals surface area (Å²) in [6, 6.07) is 12.0. The molecule has 29 heavy (non-hydrogen) atoms. The fourth-order valence-corrected chi connectivity index (χ4v) is 5.59. The third-order valence-corrected chi connectivity index (χ3v) is 7.56. The van der Waals surface area contributed by atoms with E-state index in [1.54, 1.807) is 44.6 Å². The van der Waals surface area contributed by atoms with Gasteiger partial charge in [0.25, 0.3) is 0 Å². The Balaban J connectivity index is 1.66. The van der Waals surface area contributed by atoms with Crippen molar-refractivity contribution in [2.45, 2.75) is 48.7 Å². The van der Waals surface area contributed by atoms with Crippen LogP contribution >= 0.6 is 0 Å². The van der Waals surface area contributed by atoms with E-state index in [9.17, 15) is 13.2 Å². The van der Waals surface area contributed by atoms with Crippen LogP contribution in [0.4, 0.5) is 5.69 Å². The number of anilines is 1. The summed E-state index contributed by atoms with van der Waals surface area (Å²) in [7, 11) is -0.178. The van der Waals surface area contributed by atoms with Crippen LogP contribution in [-0.2, 0) is 21.1 Å². The molecule has 1 saturated carbocycles. The first-order valence-corrected chi connectivity index (χ1v) is 11.3. The molecular formula is C22H27NO5S. The number of carbonyl (C=O) groups excluding carboxylic acids is 1. The number of hydrogen-bond acceptors (Lipinski definition) is 5. The standard InChI is InChI=1S/C22H27NO5S/c1-27-18-11-12-21(28-2)16(14-18)10-13-22(24)23-17-6-5-9-20(15-17)29(25,26)19-7-3-4-8-19/h5-6,9,11-12,14-15,19H,3-4,7-8,10,13H2,1-2H3,(H,23,24). The molecular weight excluding hydrogens is 390 g/mol. The SMILES string of the molecule is COc1ccc(OC)c(CCC(=O)Nc2cccc(S(=O)(=O)C3CCCC3)c2)c1. The summed E-state index contributed by atoms with van der Waals surface area (Å²) in [6.45, 7) is 0. The number of ether oxygens (including phenoxy) is 2. The second-order valence-electron chi connectivity index (χ2n) is 7.21. The van der Waals surface area contributed by atoms with E-state index < -0.39 is 9.84 Å². The van der Waals surface area contributed by atoms with Crippen molar-refractivity contribution in [2.75, 3.05) is 19.5 Å². The fraction of sp³-hybridized carbons (Fsp3) is 0.409. The van der Waals surface area contributed by atoms with Crippen LogP contribution in [0.1, 0.15) is 37.7 Å². The first-order valence-electron chi connectivity index (χ1n) is 9.79. The molecule has 0 bridgehead atoms. The smallest absolute Gasteiger partial charge is 0.224 e. The van der Waals surface area contributed by atoms with Gasteiger partial charge in [0.1, 0.15) is 11.5 Å². The molecule has 0 aromatic heterocycles. The zero-order chi connectivity index (χ0) is 20.9. The Hall–Kier alpha value is -2.54. The van der Waals surface area contributed by atoms with Gasteiger partial charge in [-0.05, 0) is 61.2 Å². The van der Waals surface area contributed by atoms with Crippen LogP contribution < -0.4 is 14.8 Å². The highest BCUT2D eigenvalue weighted by molar-refractivity contribution is 7.92. The maximum atomic E-state index is 12.8. The number of rotatable bonds is 8. The Bertz CT molecular complexity index is 965. The maximum absolute atomic E-state index is 12.8. The second-order valence-corrected chi connectivity index (χ2v) is 9.43. The Morgan fingerprint density at radius 3 is 2.52 bits per heavy atom. The van der Waals surface area contributed by atoms with E-state index in [1.807, 2.05) is 12.1 Å². The molecule has 2 aromatic rings. The zero-order valence-electron chi connectivity index (χ0n) is 16.8. The molecule has 156 valence electrons. The van der Waals surface area contributed by atoms with Gasteiger partial charge in [-0.15, -0.1) is 0 Å². The Morgan fingerprint density at radius 2 is 1.83 bits per heavy atom. The number of methoxy groups -OCH3 is 2. The van der Waals surface area contributed by atoms with Crippen LogP contribution in [0.2, 0.25) is 0 Å². The van der Waals surface area contributed by atoms with Gasteiger partial charge in [-0.3, -0.25) is 4.79 Å². The van der Waals surface area contributed by atoms with Gasteiger partial charge in [0.2, 0.25) is 5.91 Å². The van der Waals surface area contributed by atoms with E-state index in [2.05, 4.69) is 5.32 Å². The van der Waals surface area contributed by atoms with Crippen LogP contribution in [0.3, 0.4) is 0 Å². The minimum atomic E-state index is -3.35. The average molecular weight is 418 g/mol. The maximum Gasteiger partial charge on any atom is 0.224 e. The van der Waals surface area contributed by atoms with Crippen LogP contribution in [0.5, 0.6) is 11.5 Å². The average Bonchev–Trinajstić information content (AvgIpc) is 3.28. The molecule has 0 saturated heterocycles. The van der Waals surface area contributed by atoms with E-state index >= 15 is 0 Å². The molecule has 7 heteroatoms. The van der Waals surface area contributed by atoms with E-state index in [-0.39, 0.29) is 22.5 Å². The summed E-state index contributed by atoms with van der Waals surface area (Å²) in [4.78, 5) is 12.7. The van der Waals surface area contributed by atoms with Gasteiger partial charge >= 0.3 is 0 Å². The summed E-state index contributed by atoms with van der Waals surface area (Å²) < 4.78 is 36.1. The summed E-state index contributed by atoms with van der Waals surface area (Å²) in [5, 5.41) is 2.49. The molecule has 0 aliphatic heterocycles. The van der Waals surface area contributed by atoms with Crippen LogP contribution in [0, 0.1) is 0 Å². The molecule has 1 N–H and O–H groups in total. The van der Waals surface area contributed by atoms with Gasteiger partial charge in [0.05, 0.1) is 24.4 Å². The van der Waals surface area contributed by atoms with Crippen molar-refractivity contribution < 1.29 is 22.7 Å². The third-order valence-electron chi connectivity index (χ3n) is 5.30. The normalized spacial score (nSPS) is 14.6. The lowest BCUT2D eigenvalue weighted by atomic mass is 10.1. The third kappa shape index (κ3) is 5.09. The lowest BCUT2D eigenvalue weighted by Crippen LogP contribution is -2.18. The molecule has 0 atom stereocenters. The molecule has 0 radical (unpaired) electrons. The van der Waals surface area contributed by atoms with E-state index in [1.165, 1.54) is 0 Å². The first kappa shape index (κ1) is 21.2. The highest BCUT2D eigenvalue weighted by Crippen LogP contribution is 2.30. The van der Waals surface area contributed by atoms with Crippen molar-refractivity contribution in [3.63, 3.8) is 0 Å². The highest BCUT2D eigenvalue weighted by Gasteiger charge is 2.30. The Kier molecular flexibility index (Phi) is 6.79. The van der Waals surface area contributed by atoms with E-state index in [0.29, 0.717) is 36.4 Å². The molecule has 0 heterocycles. The fourth-order valence-electron chi connectivity index (χ4n) is 3.69. The lowest BCUT2D eigenvalue weighted by Gasteiger charge is -2.13.